The molecule has 0 aliphatic heterocycles. The van der Waals surface area contributed by atoms with Gasteiger partial charge in [0.1, 0.15) is 0 Å². The second-order valence-electron chi connectivity index (χ2n) is 3.84. The molecule has 1 aromatic carbocycles. The number of hydrogen-bond acceptors (Lipinski definition) is 3. The van der Waals surface area contributed by atoms with Gasteiger partial charge in [-0.15, -0.1) is 0 Å². The molecule has 22 heavy (non-hydrogen) atoms. The summed E-state index contributed by atoms with van der Waals surface area (Å²) >= 11 is 5.87. The molecule has 0 radical (unpaired) electrons. The molecule has 0 fully saturated rings. The van der Waals surface area contributed by atoms with E-state index in [1.165, 1.54) is 5.56 Å². The van der Waals surface area contributed by atoms with Gasteiger partial charge in [0.15, 0.2) is 5.11 Å². The van der Waals surface area contributed by atoms with Crippen LogP contribution in [0.3, 0.4) is 0 Å². The van der Waals surface area contributed by atoms with Gasteiger partial charge in [-0.05, 0) is 29.9 Å². The Morgan fingerprint density at radius 2 is 1.86 bits per heavy atom. The molecule has 0 aliphatic carbocycles. The number of hydrogen-bond donors (Lipinski definition) is 2. The topological polar surface area (TPSA) is 49.3 Å². The van der Waals surface area contributed by atoms with Crippen molar-refractivity contribution < 1.29 is 13.1 Å². The molecule has 0 saturated heterocycles. The summed E-state index contributed by atoms with van der Waals surface area (Å²) in [7, 11) is 9.34. The van der Waals surface area contributed by atoms with Crippen LogP contribution in [0.4, 0.5) is 0 Å². The van der Waals surface area contributed by atoms with Crippen molar-refractivity contribution in [3.63, 3.8) is 0 Å². The van der Waals surface area contributed by atoms with Gasteiger partial charge in [0, 0.05) is 12.7 Å². The molecule has 121 valence electrons. The van der Waals surface area contributed by atoms with Crippen LogP contribution in [-0.2, 0) is 19.7 Å². The summed E-state index contributed by atoms with van der Waals surface area (Å²) in [4.78, 5) is 4.12. The van der Waals surface area contributed by atoms with Gasteiger partial charge in [-0.2, -0.15) is 5.10 Å². The molecule has 2 N–H and O–H groups in total. The van der Waals surface area contributed by atoms with Crippen molar-refractivity contribution in [1.82, 2.24) is 15.7 Å². The van der Waals surface area contributed by atoms with Crippen LogP contribution >= 0.6 is 32.4 Å². The minimum absolute atomic E-state index is 0.482. The number of thiocarbonyl (C=S) groups is 1. The summed E-state index contributed by atoms with van der Waals surface area (Å²) in [6.07, 6.45) is 3.34. The number of nitrogens with one attached hydrogen (secondary N) is 2. The molecule has 0 atom stereocenters. The Morgan fingerprint density at radius 3 is 2.50 bits per heavy atom. The predicted octanol–water partition coefficient (Wildman–Crippen LogP) is 3.46. The third-order valence-corrected chi connectivity index (χ3v) is 2.58. The van der Waals surface area contributed by atoms with Crippen molar-refractivity contribution in [3.8, 4) is 0 Å². The Balaban J connectivity index is 0.000000745. The summed E-state index contributed by atoms with van der Waals surface area (Å²) in [5, 5.41) is 7.57. The second-order valence-corrected chi connectivity index (χ2v) is 5.80. The molecule has 0 saturated carbocycles. The van der Waals surface area contributed by atoms with E-state index < -0.39 is 0 Å². The van der Waals surface area contributed by atoms with Gasteiger partial charge < -0.3 is 5.32 Å². The molecule has 2 aromatic rings. The molecule has 0 amide bonds. The van der Waals surface area contributed by atoms with E-state index in [4.69, 9.17) is 12.2 Å². The molecule has 2 rings (SSSR count). The fourth-order valence-corrected chi connectivity index (χ4v) is 1.55. The van der Waals surface area contributed by atoms with Crippen molar-refractivity contribution in [1.29, 1.82) is 0 Å². The van der Waals surface area contributed by atoms with E-state index in [2.05, 4.69) is 41.0 Å². The predicted molar refractivity (Wildman–Crippen MR) is 92.6 cm³/mol. The van der Waals surface area contributed by atoms with Gasteiger partial charge in [-0.3, -0.25) is 10.4 Å². The van der Waals surface area contributed by atoms with Gasteiger partial charge in [0.2, 0.25) is 0 Å². The van der Waals surface area contributed by atoms with E-state index in [1.54, 1.807) is 12.4 Å². The zero-order valence-corrected chi connectivity index (χ0v) is 14.6. The van der Waals surface area contributed by atoms with Gasteiger partial charge in [-0.25, -0.2) is 0 Å². The normalized spacial score (nSPS) is 9.91. The van der Waals surface area contributed by atoms with Crippen LogP contribution in [0.2, 0.25) is 0 Å². The van der Waals surface area contributed by atoms with Crippen molar-refractivity contribution in [2.45, 2.75) is 6.54 Å². The van der Waals surface area contributed by atoms with E-state index in [0.29, 0.717) is 11.7 Å². The zero-order valence-electron chi connectivity index (χ0n) is 11.3. The molecular formula is C14H14Cl2CuN4S. The van der Waals surface area contributed by atoms with E-state index in [0.717, 1.165) is 18.8 Å². The molecule has 8 heteroatoms. The van der Waals surface area contributed by atoms with Crippen LogP contribution in [0.1, 0.15) is 11.3 Å². The summed E-state index contributed by atoms with van der Waals surface area (Å²) in [6, 6.07) is 15.7. The molecule has 0 unspecified atom stereocenters. The monoisotopic (exact) mass is 403 g/mol. The molecular weight excluding hydrogens is 391 g/mol. The number of benzene rings is 1. The molecule has 0 aliphatic rings. The molecule has 0 bridgehead atoms. The van der Waals surface area contributed by atoms with Crippen LogP contribution in [0.15, 0.2) is 59.8 Å². The van der Waals surface area contributed by atoms with Gasteiger partial charge >= 0.3 is 33.3 Å². The maximum atomic E-state index is 5.11. The quantitative estimate of drug-likeness (QED) is 0.355. The Hall–Kier alpha value is -1.17. The Labute approximate surface area is 149 Å². The van der Waals surface area contributed by atoms with Gasteiger partial charge in [0.25, 0.3) is 0 Å². The number of hydrazone groups is 1. The summed E-state index contributed by atoms with van der Waals surface area (Å²) in [6.45, 7) is 0.672. The maximum absolute atomic E-state index is 5.11. The summed E-state index contributed by atoms with van der Waals surface area (Å²) in [5.74, 6) is 0. The van der Waals surface area contributed by atoms with E-state index in [1.807, 2.05) is 48.5 Å². The van der Waals surface area contributed by atoms with Crippen LogP contribution in [0.25, 0.3) is 0 Å². The van der Waals surface area contributed by atoms with Crippen molar-refractivity contribution >= 4 is 43.7 Å². The number of nitrogens with zero attached hydrogens (tertiary/aromatic N) is 2. The van der Waals surface area contributed by atoms with Crippen LogP contribution in [-0.4, -0.2) is 16.3 Å². The van der Waals surface area contributed by atoms with Crippen LogP contribution in [0.5, 0.6) is 0 Å². The van der Waals surface area contributed by atoms with E-state index >= 15 is 0 Å². The third-order valence-electron chi connectivity index (χ3n) is 2.35. The minimum atomic E-state index is 0.482. The average molecular weight is 405 g/mol. The SMILES string of the molecule is S=C(NCc1ccccc1)NN=Cc1ccccn1.[Cl][Cu][Cl]. The first-order chi connectivity index (χ1) is 10.8. The van der Waals surface area contributed by atoms with E-state index in [-0.39, 0.29) is 0 Å². The first-order valence-electron chi connectivity index (χ1n) is 6.09. The molecule has 0 spiro atoms. The van der Waals surface area contributed by atoms with Crippen LogP contribution in [0, 0.1) is 0 Å². The van der Waals surface area contributed by atoms with Gasteiger partial charge in [0.05, 0.1) is 11.9 Å². The number of pyridine rings is 1. The first-order valence-corrected chi connectivity index (χ1v) is 9.09. The average Bonchev–Trinajstić information content (AvgIpc) is 2.56. The fourth-order valence-electron chi connectivity index (χ4n) is 1.43. The van der Waals surface area contributed by atoms with Crippen molar-refractivity contribution in [3.05, 3.63) is 66.0 Å². The second kappa shape index (κ2) is 12.4. The summed E-state index contributed by atoms with van der Waals surface area (Å²) in [5.41, 5.74) is 4.70. The number of halogens is 2. The van der Waals surface area contributed by atoms with E-state index in [9.17, 15) is 0 Å². The van der Waals surface area contributed by atoms with Crippen molar-refractivity contribution in [2.75, 3.05) is 0 Å². The standard InChI is InChI=1S/C14H14N4S.2ClH.Cu/c19-14(16-10-12-6-2-1-3-7-12)18-17-11-13-8-4-5-9-15-13;;;/h1-9,11H,10H2,(H2,16,18,19);2*1H;/q;;;+2/p-2. The Bertz CT molecular complexity index is 570. The Morgan fingerprint density at radius 1 is 1.18 bits per heavy atom. The Kier molecular flexibility index (Phi) is 10.6. The molecule has 4 nitrogen and oxygen atoms in total. The van der Waals surface area contributed by atoms with Gasteiger partial charge in [-0.1, -0.05) is 36.4 Å². The fraction of sp³-hybridized carbons (Fsp3) is 0.0714. The summed E-state index contributed by atoms with van der Waals surface area (Å²) < 4.78 is 0. The van der Waals surface area contributed by atoms with Crippen LogP contribution < -0.4 is 10.7 Å². The third kappa shape index (κ3) is 8.97. The number of rotatable bonds is 4. The molecule has 1 aromatic heterocycles. The zero-order chi connectivity index (χ0) is 16.0. The first kappa shape index (κ1) is 18.9. The van der Waals surface area contributed by atoms with Crippen molar-refractivity contribution in [2.24, 2.45) is 5.10 Å². The molecule has 1 heterocycles. The number of aromatic nitrogens is 1.